The number of hydrogen-bond acceptors (Lipinski definition) is 8. The van der Waals surface area contributed by atoms with Gasteiger partial charge in [-0.1, -0.05) is 12.8 Å². The average Bonchev–Trinajstić information content (AvgIpc) is 3.31. The predicted octanol–water partition coefficient (Wildman–Crippen LogP) is 4.81. The number of amides is 2. The van der Waals surface area contributed by atoms with Crippen molar-refractivity contribution in [2.45, 2.75) is 111 Å². The molecule has 0 saturated carbocycles. The van der Waals surface area contributed by atoms with E-state index in [1.807, 2.05) is 0 Å². The highest BCUT2D eigenvalue weighted by Gasteiger charge is 2.27. The Morgan fingerprint density at radius 2 is 1.76 bits per heavy atom. The number of nitrogens with zero attached hydrogens (tertiary/aromatic N) is 3. The molecule has 0 fully saturated rings. The summed E-state index contributed by atoms with van der Waals surface area (Å²) in [5, 5.41) is 14.4. The minimum absolute atomic E-state index is 0.267. The van der Waals surface area contributed by atoms with Gasteiger partial charge in [0.1, 0.15) is 11.6 Å². The molecule has 2 atom stereocenters. The number of hydrogen-bond donors (Lipinski definition) is 3. The quantitative estimate of drug-likeness (QED) is 0.173. The first-order valence-electron chi connectivity index (χ1n) is 13.4. The molecule has 216 valence electrons. The van der Waals surface area contributed by atoms with Crippen LogP contribution in [0.4, 0.5) is 4.79 Å². The van der Waals surface area contributed by atoms with E-state index in [0.29, 0.717) is 26.2 Å². The van der Waals surface area contributed by atoms with Crippen molar-refractivity contribution >= 4 is 20.5 Å². The zero-order valence-corrected chi connectivity index (χ0v) is 25.0. The van der Waals surface area contributed by atoms with E-state index in [1.54, 1.807) is 27.0 Å². The van der Waals surface area contributed by atoms with Gasteiger partial charge in [0.25, 0.3) is 8.53 Å². The maximum atomic E-state index is 12.8. The topological polar surface area (TPSA) is 142 Å². The Morgan fingerprint density at radius 1 is 1.11 bits per heavy atom. The normalized spacial score (nSPS) is 13.4. The number of unbranched alkanes of at least 4 members (excludes halogenated alkanes) is 3. The molecule has 0 aliphatic rings. The second-order valence-corrected chi connectivity index (χ2v) is 12.0. The van der Waals surface area contributed by atoms with E-state index in [1.165, 1.54) is 6.33 Å². The molecular weight excluding hydrogens is 507 g/mol. The van der Waals surface area contributed by atoms with Crippen LogP contribution >= 0.6 is 8.53 Å². The van der Waals surface area contributed by atoms with Crippen molar-refractivity contribution in [1.82, 2.24) is 25.3 Å². The SMILES string of the molecule is CC(C)N(C(C)C)P(OCCC#N)OCCCCCCNC(=O)[C@H](Cc1cnc[nH]1)NC(=O)OC(C)(C)C. The Labute approximate surface area is 229 Å². The molecule has 3 N–H and O–H groups in total. The number of nitriles is 1. The third-order valence-corrected chi connectivity index (χ3v) is 7.33. The summed E-state index contributed by atoms with van der Waals surface area (Å²) >= 11 is 0. The number of carbonyl (C=O) groups is 2. The molecule has 0 bridgehead atoms. The van der Waals surface area contributed by atoms with Gasteiger partial charge in [-0.3, -0.25) is 4.79 Å². The van der Waals surface area contributed by atoms with Gasteiger partial charge in [0, 0.05) is 36.9 Å². The van der Waals surface area contributed by atoms with Crippen molar-refractivity contribution in [1.29, 1.82) is 5.26 Å². The van der Waals surface area contributed by atoms with Gasteiger partial charge in [-0.05, 0) is 61.3 Å². The van der Waals surface area contributed by atoms with E-state index in [2.05, 4.69) is 59.0 Å². The van der Waals surface area contributed by atoms with Gasteiger partial charge in [-0.2, -0.15) is 5.26 Å². The number of imidazole rings is 1. The molecule has 1 aromatic heterocycles. The van der Waals surface area contributed by atoms with E-state index in [9.17, 15) is 9.59 Å². The molecule has 1 aromatic rings. The van der Waals surface area contributed by atoms with Gasteiger partial charge in [-0.25, -0.2) is 14.4 Å². The Balaban J connectivity index is 2.42. The van der Waals surface area contributed by atoms with Crippen LogP contribution in [-0.4, -0.2) is 70.1 Å². The molecule has 0 saturated heterocycles. The number of alkyl carbamates (subject to hydrolysis) is 1. The highest BCUT2D eigenvalue weighted by atomic mass is 31.2. The largest absolute Gasteiger partial charge is 0.444 e. The van der Waals surface area contributed by atoms with Crippen molar-refractivity contribution in [2.24, 2.45) is 0 Å². The van der Waals surface area contributed by atoms with Crippen LogP contribution in [0.2, 0.25) is 0 Å². The molecule has 1 rings (SSSR count). The number of rotatable bonds is 18. The monoisotopic (exact) mass is 554 g/mol. The first kappa shape index (κ1) is 33.8. The fraction of sp³-hybridized carbons (Fsp3) is 0.769. The number of aromatic amines is 1. The van der Waals surface area contributed by atoms with Crippen molar-refractivity contribution in [3.05, 3.63) is 18.2 Å². The Morgan fingerprint density at radius 3 is 2.34 bits per heavy atom. The van der Waals surface area contributed by atoms with Crippen LogP contribution in [0.5, 0.6) is 0 Å². The molecule has 1 unspecified atom stereocenters. The molecule has 0 spiro atoms. The van der Waals surface area contributed by atoms with Gasteiger partial charge in [0.05, 0.1) is 32.0 Å². The summed E-state index contributed by atoms with van der Waals surface area (Å²) < 4.78 is 19.5. The lowest BCUT2D eigenvalue weighted by Gasteiger charge is -2.35. The molecule has 2 amide bonds. The molecule has 0 aromatic carbocycles. The Bertz CT molecular complexity index is 830. The van der Waals surface area contributed by atoms with Gasteiger partial charge < -0.3 is 29.4 Å². The van der Waals surface area contributed by atoms with E-state index in [4.69, 9.17) is 19.0 Å². The van der Waals surface area contributed by atoms with Gasteiger partial charge in [0.15, 0.2) is 0 Å². The molecule has 12 heteroatoms. The first-order valence-corrected chi connectivity index (χ1v) is 14.5. The van der Waals surface area contributed by atoms with Crippen LogP contribution < -0.4 is 10.6 Å². The highest BCUT2D eigenvalue weighted by Crippen LogP contribution is 2.46. The van der Waals surface area contributed by atoms with E-state index >= 15 is 0 Å². The lowest BCUT2D eigenvalue weighted by molar-refractivity contribution is -0.123. The van der Waals surface area contributed by atoms with Crippen molar-refractivity contribution in [3.63, 3.8) is 0 Å². The van der Waals surface area contributed by atoms with Gasteiger partial charge in [-0.15, -0.1) is 0 Å². The number of ether oxygens (including phenoxy) is 1. The third-order valence-electron chi connectivity index (χ3n) is 5.22. The van der Waals surface area contributed by atoms with Crippen LogP contribution in [0.25, 0.3) is 0 Å². The maximum Gasteiger partial charge on any atom is 0.408 e. The predicted molar refractivity (Wildman–Crippen MR) is 148 cm³/mol. The fourth-order valence-corrected chi connectivity index (χ4v) is 5.27. The summed E-state index contributed by atoms with van der Waals surface area (Å²) in [4.78, 5) is 32.0. The standard InChI is InChI=1S/C26H47N6O5P/c1-20(2)32(21(3)4)38(36-16-12-13-27)35-15-11-9-8-10-14-29-24(33)23(17-22-18-28-19-30-22)31-25(34)37-26(5,6)7/h18-21,23H,8-12,14-17H2,1-7H3,(H,28,30)(H,29,33)(H,31,34)/t23-,38?/m0/s1. The second-order valence-electron chi connectivity index (χ2n) is 10.6. The van der Waals surface area contributed by atoms with Crippen LogP contribution in [0.1, 0.15) is 86.3 Å². The fourth-order valence-electron chi connectivity index (χ4n) is 3.65. The molecule has 38 heavy (non-hydrogen) atoms. The molecular formula is C26H47N6O5P. The maximum absolute atomic E-state index is 12.8. The average molecular weight is 555 g/mol. The number of nitrogens with one attached hydrogen (secondary N) is 3. The first-order chi connectivity index (χ1) is 17.9. The summed E-state index contributed by atoms with van der Waals surface area (Å²) in [6.07, 6.45) is 6.72. The number of H-pyrrole nitrogens is 1. The van der Waals surface area contributed by atoms with Crippen molar-refractivity contribution < 1.29 is 23.4 Å². The lowest BCUT2D eigenvalue weighted by Crippen LogP contribution is -2.49. The lowest BCUT2D eigenvalue weighted by atomic mass is 10.1. The van der Waals surface area contributed by atoms with E-state index < -0.39 is 26.3 Å². The molecule has 0 aliphatic carbocycles. The van der Waals surface area contributed by atoms with Gasteiger partial charge >= 0.3 is 6.09 Å². The van der Waals surface area contributed by atoms with E-state index in [0.717, 1.165) is 31.4 Å². The molecule has 11 nitrogen and oxygen atoms in total. The number of aromatic nitrogens is 2. The summed E-state index contributed by atoms with van der Waals surface area (Å²) in [6.45, 7) is 15.2. The minimum Gasteiger partial charge on any atom is -0.444 e. The third kappa shape index (κ3) is 14.6. The molecule has 0 radical (unpaired) electrons. The highest BCUT2D eigenvalue weighted by molar-refractivity contribution is 7.44. The zero-order chi connectivity index (χ0) is 28.6. The van der Waals surface area contributed by atoms with Crippen LogP contribution in [0, 0.1) is 11.3 Å². The smallest absolute Gasteiger partial charge is 0.408 e. The van der Waals surface area contributed by atoms with Crippen LogP contribution in [-0.2, 0) is 25.0 Å². The summed E-state index contributed by atoms with van der Waals surface area (Å²) in [5.74, 6) is -0.267. The molecule has 1 heterocycles. The summed E-state index contributed by atoms with van der Waals surface area (Å²) in [6, 6.07) is 1.88. The minimum atomic E-state index is -1.22. The number of carbonyl (C=O) groups excluding carboxylic acids is 2. The van der Waals surface area contributed by atoms with Crippen LogP contribution in [0.3, 0.4) is 0 Å². The Hall–Kier alpha value is -2.25. The molecule has 0 aliphatic heterocycles. The summed E-state index contributed by atoms with van der Waals surface area (Å²) in [7, 11) is -1.22. The van der Waals surface area contributed by atoms with E-state index in [-0.39, 0.29) is 24.4 Å². The Kier molecular flexibility index (Phi) is 16.1. The summed E-state index contributed by atoms with van der Waals surface area (Å²) in [5.41, 5.74) is 0.0838. The zero-order valence-electron chi connectivity index (χ0n) is 24.1. The second kappa shape index (κ2) is 18.1. The van der Waals surface area contributed by atoms with Gasteiger partial charge in [0.2, 0.25) is 5.91 Å². The van der Waals surface area contributed by atoms with Crippen molar-refractivity contribution in [2.75, 3.05) is 19.8 Å². The van der Waals surface area contributed by atoms with Crippen LogP contribution in [0.15, 0.2) is 12.5 Å². The van der Waals surface area contributed by atoms with Crippen molar-refractivity contribution in [3.8, 4) is 6.07 Å².